The maximum absolute atomic E-state index is 4.46. The third-order valence-corrected chi connectivity index (χ3v) is 6.48. The van der Waals surface area contributed by atoms with E-state index in [0.717, 1.165) is 43.2 Å². The number of nitrogens with zero attached hydrogens (tertiary/aromatic N) is 3. The van der Waals surface area contributed by atoms with Crippen molar-refractivity contribution < 1.29 is 0 Å². The molecular weight excluding hydrogens is 529 g/mol. The average Bonchev–Trinajstić information content (AvgIpc) is 3.26. The minimum atomic E-state index is 0. The number of hydrogen-bond donors (Lipinski definition) is 2. The summed E-state index contributed by atoms with van der Waals surface area (Å²) in [6, 6.07) is 9.72. The Morgan fingerprint density at radius 3 is 2.54 bits per heavy atom. The summed E-state index contributed by atoms with van der Waals surface area (Å²) in [4.78, 5) is 9.49. The molecule has 2 fully saturated rings. The van der Waals surface area contributed by atoms with Gasteiger partial charge in [-0.2, -0.15) is 0 Å². The van der Waals surface area contributed by atoms with Crippen LogP contribution < -0.4 is 15.5 Å². The molecule has 0 spiro atoms. The summed E-state index contributed by atoms with van der Waals surface area (Å²) in [7, 11) is 1.87. The van der Waals surface area contributed by atoms with Crippen molar-refractivity contribution >= 4 is 51.6 Å². The smallest absolute Gasteiger partial charge is 0.191 e. The van der Waals surface area contributed by atoms with E-state index in [1.807, 2.05) is 7.05 Å². The number of rotatable bonds is 5. The van der Waals surface area contributed by atoms with Crippen LogP contribution in [0.15, 0.2) is 33.7 Å². The molecule has 2 aliphatic rings. The van der Waals surface area contributed by atoms with E-state index in [9.17, 15) is 0 Å². The van der Waals surface area contributed by atoms with Crippen molar-refractivity contribution in [3.8, 4) is 0 Å². The average molecular weight is 564 g/mol. The van der Waals surface area contributed by atoms with Gasteiger partial charge in [-0.25, -0.2) is 0 Å². The predicted octanol–water partition coefficient (Wildman–Crippen LogP) is 3.79. The van der Waals surface area contributed by atoms with Gasteiger partial charge in [-0.15, -0.1) is 24.0 Å². The third-order valence-electron chi connectivity index (χ3n) is 5.95. The Bertz CT molecular complexity index is 636. The van der Waals surface area contributed by atoms with Crippen LogP contribution in [-0.2, 0) is 0 Å². The summed E-state index contributed by atoms with van der Waals surface area (Å²) in [5.41, 5.74) is 1.32. The van der Waals surface area contributed by atoms with E-state index in [4.69, 9.17) is 0 Å². The normalized spacial score (nSPS) is 25.9. The summed E-state index contributed by atoms with van der Waals surface area (Å²) in [5, 5.41) is 7.22. The van der Waals surface area contributed by atoms with Gasteiger partial charge in [0.15, 0.2) is 5.96 Å². The van der Waals surface area contributed by atoms with E-state index in [1.54, 1.807) is 0 Å². The molecular formula is C21H35BrIN5. The van der Waals surface area contributed by atoms with Gasteiger partial charge < -0.3 is 15.5 Å². The topological polar surface area (TPSA) is 42.9 Å². The van der Waals surface area contributed by atoms with Gasteiger partial charge >= 0.3 is 0 Å². The van der Waals surface area contributed by atoms with Gasteiger partial charge in [-0.3, -0.25) is 9.89 Å². The standard InChI is InChI=1S/C21H34BrN5.HI/c1-15(2)27-12-16(3)20(14-27)25-21(23-4)24-11-17-9-10-26(13-17)19-7-5-18(22)6-8-19;/h5-8,15-17,20H,9-14H2,1-4H3,(H2,23,24,25);1H. The van der Waals surface area contributed by atoms with Crippen LogP contribution in [0.5, 0.6) is 0 Å². The number of nitrogens with one attached hydrogen (secondary N) is 2. The molecule has 1 aromatic rings. The molecule has 2 N–H and O–H groups in total. The monoisotopic (exact) mass is 563 g/mol. The molecule has 2 saturated heterocycles. The van der Waals surface area contributed by atoms with Gasteiger partial charge in [0.25, 0.3) is 0 Å². The molecule has 3 rings (SSSR count). The second-order valence-corrected chi connectivity index (χ2v) is 9.22. The van der Waals surface area contributed by atoms with E-state index in [-0.39, 0.29) is 24.0 Å². The fourth-order valence-corrected chi connectivity index (χ4v) is 4.38. The maximum Gasteiger partial charge on any atom is 0.191 e. The van der Waals surface area contributed by atoms with Gasteiger partial charge in [0.05, 0.1) is 0 Å². The lowest BCUT2D eigenvalue weighted by Gasteiger charge is -2.23. The number of guanidine groups is 1. The molecule has 1 aromatic carbocycles. The Kier molecular flexibility index (Phi) is 9.34. The van der Waals surface area contributed by atoms with E-state index in [1.165, 1.54) is 12.1 Å². The molecule has 158 valence electrons. The number of benzene rings is 1. The second kappa shape index (κ2) is 11.0. The summed E-state index contributed by atoms with van der Waals surface area (Å²) in [6.45, 7) is 12.4. The number of likely N-dealkylation sites (tertiary alicyclic amines) is 1. The van der Waals surface area contributed by atoms with Crippen molar-refractivity contribution in [1.29, 1.82) is 0 Å². The molecule has 5 nitrogen and oxygen atoms in total. The molecule has 0 radical (unpaired) electrons. The van der Waals surface area contributed by atoms with Crippen LogP contribution in [0.2, 0.25) is 0 Å². The van der Waals surface area contributed by atoms with E-state index >= 15 is 0 Å². The first-order valence-corrected chi connectivity index (χ1v) is 11.0. The van der Waals surface area contributed by atoms with Crippen LogP contribution in [0, 0.1) is 11.8 Å². The Morgan fingerprint density at radius 1 is 1.21 bits per heavy atom. The van der Waals surface area contributed by atoms with E-state index in [2.05, 4.69) is 86.4 Å². The lowest BCUT2D eigenvalue weighted by Crippen LogP contribution is -2.48. The van der Waals surface area contributed by atoms with Crippen LogP contribution in [0.1, 0.15) is 27.2 Å². The van der Waals surface area contributed by atoms with E-state index in [0.29, 0.717) is 23.9 Å². The molecule has 0 aliphatic carbocycles. The highest BCUT2D eigenvalue weighted by Crippen LogP contribution is 2.25. The van der Waals surface area contributed by atoms with Crippen LogP contribution >= 0.6 is 39.9 Å². The lowest BCUT2D eigenvalue weighted by molar-refractivity contribution is 0.265. The van der Waals surface area contributed by atoms with Crippen LogP contribution in [0.25, 0.3) is 0 Å². The van der Waals surface area contributed by atoms with Crippen molar-refractivity contribution in [3.63, 3.8) is 0 Å². The molecule has 28 heavy (non-hydrogen) atoms. The minimum absolute atomic E-state index is 0. The van der Waals surface area contributed by atoms with Gasteiger partial charge in [0, 0.05) is 62.0 Å². The van der Waals surface area contributed by atoms with Gasteiger partial charge in [0.2, 0.25) is 0 Å². The van der Waals surface area contributed by atoms with Gasteiger partial charge in [-0.05, 0) is 56.4 Å². The van der Waals surface area contributed by atoms with Crippen molar-refractivity contribution in [2.45, 2.75) is 39.3 Å². The fraction of sp³-hybridized carbons (Fsp3) is 0.667. The molecule has 2 aliphatic heterocycles. The predicted molar refractivity (Wildman–Crippen MR) is 134 cm³/mol. The van der Waals surface area contributed by atoms with E-state index < -0.39 is 0 Å². The number of aliphatic imine (C=N–C) groups is 1. The first-order valence-electron chi connectivity index (χ1n) is 10.2. The fourth-order valence-electron chi connectivity index (χ4n) is 4.11. The second-order valence-electron chi connectivity index (χ2n) is 8.31. The highest BCUT2D eigenvalue weighted by atomic mass is 127. The zero-order valence-corrected chi connectivity index (χ0v) is 21.4. The number of anilines is 1. The zero-order valence-electron chi connectivity index (χ0n) is 17.5. The number of halogens is 2. The molecule has 3 unspecified atom stereocenters. The quantitative estimate of drug-likeness (QED) is 0.325. The SMILES string of the molecule is CN=C(NCC1CCN(c2ccc(Br)cc2)C1)NC1CN(C(C)C)CC1C.I. The summed E-state index contributed by atoms with van der Waals surface area (Å²) >= 11 is 3.51. The number of hydrogen-bond acceptors (Lipinski definition) is 3. The van der Waals surface area contributed by atoms with Crippen molar-refractivity contribution in [2.75, 3.05) is 44.7 Å². The van der Waals surface area contributed by atoms with Crippen LogP contribution in [-0.4, -0.2) is 62.7 Å². The molecule has 0 amide bonds. The summed E-state index contributed by atoms with van der Waals surface area (Å²) in [6.07, 6.45) is 1.22. The van der Waals surface area contributed by atoms with Crippen LogP contribution in [0.4, 0.5) is 5.69 Å². The highest BCUT2D eigenvalue weighted by Gasteiger charge is 2.31. The Hall–Kier alpha value is -0.540. The Morgan fingerprint density at radius 2 is 1.93 bits per heavy atom. The zero-order chi connectivity index (χ0) is 19.4. The molecule has 7 heteroatoms. The van der Waals surface area contributed by atoms with Gasteiger partial charge in [0.1, 0.15) is 0 Å². The van der Waals surface area contributed by atoms with Crippen molar-refractivity contribution in [2.24, 2.45) is 16.8 Å². The van der Waals surface area contributed by atoms with Crippen LogP contribution in [0.3, 0.4) is 0 Å². The van der Waals surface area contributed by atoms with Gasteiger partial charge in [-0.1, -0.05) is 22.9 Å². The summed E-state index contributed by atoms with van der Waals surface area (Å²) < 4.78 is 1.13. The van der Waals surface area contributed by atoms with Crippen molar-refractivity contribution in [1.82, 2.24) is 15.5 Å². The molecule has 0 aromatic heterocycles. The largest absolute Gasteiger partial charge is 0.371 e. The van der Waals surface area contributed by atoms with Crippen molar-refractivity contribution in [3.05, 3.63) is 28.7 Å². The Labute approximate surface area is 195 Å². The Balaban J connectivity index is 0.00000280. The lowest BCUT2D eigenvalue weighted by atomic mass is 10.1. The molecule has 0 saturated carbocycles. The first kappa shape index (κ1) is 23.7. The summed E-state index contributed by atoms with van der Waals surface area (Å²) in [5.74, 6) is 2.24. The maximum atomic E-state index is 4.46. The molecule has 3 atom stereocenters. The first-order chi connectivity index (χ1) is 13.0. The third kappa shape index (κ3) is 6.23. The molecule has 2 heterocycles. The minimum Gasteiger partial charge on any atom is -0.371 e. The highest BCUT2D eigenvalue weighted by molar-refractivity contribution is 14.0. The molecule has 0 bridgehead atoms.